The summed E-state index contributed by atoms with van der Waals surface area (Å²) < 4.78 is 11.4. The van der Waals surface area contributed by atoms with Crippen LogP contribution in [-0.4, -0.2) is 33.0 Å². The summed E-state index contributed by atoms with van der Waals surface area (Å²) in [6, 6.07) is 10.7. The summed E-state index contributed by atoms with van der Waals surface area (Å²) in [5.41, 5.74) is -0.233. The van der Waals surface area contributed by atoms with E-state index in [4.69, 9.17) is 20.8 Å². The minimum Gasteiger partial charge on any atom is -0.454 e. The Kier molecular flexibility index (Phi) is 5.56. The fraction of sp³-hybridized carbons (Fsp3) is 0.100. The third-order valence-electron chi connectivity index (χ3n) is 4.44. The van der Waals surface area contributed by atoms with Crippen molar-refractivity contribution in [3.05, 3.63) is 74.3 Å². The summed E-state index contributed by atoms with van der Waals surface area (Å²) in [7, 11) is 0. The largest absolute Gasteiger partial charge is 0.454 e. The number of carbonyl (C=O) groups is 2. The van der Waals surface area contributed by atoms with Crippen molar-refractivity contribution >= 4 is 56.9 Å². The average Bonchev–Trinajstić information content (AvgIpc) is 3.15. The first kappa shape index (κ1) is 21.0. The molecule has 0 saturated carbocycles. The van der Waals surface area contributed by atoms with Gasteiger partial charge in [0.15, 0.2) is 6.61 Å². The van der Waals surface area contributed by atoms with Gasteiger partial charge in [0, 0.05) is 16.5 Å². The Hall–Kier alpha value is -4.25. The summed E-state index contributed by atoms with van der Waals surface area (Å²) in [6.07, 6.45) is 1.19. The van der Waals surface area contributed by atoms with Gasteiger partial charge in [0.1, 0.15) is 23.3 Å². The summed E-state index contributed by atoms with van der Waals surface area (Å²) >= 11 is 5.72. The van der Waals surface area contributed by atoms with Crippen molar-refractivity contribution in [1.29, 1.82) is 0 Å². The van der Waals surface area contributed by atoms with Crippen molar-refractivity contribution in [1.82, 2.24) is 9.55 Å². The fourth-order valence-corrected chi connectivity index (χ4v) is 3.17. The molecule has 0 spiro atoms. The van der Waals surface area contributed by atoms with Gasteiger partial charge >= 0.3 is 5.97 Å². The number of ether oxygens (including phenoxy) is 1. The van der Waals surface area contributed by atoms with Crippen LogP contribution in [-0.2, 0) is 20.9 Å². The van der Waals surface area contributed by atoms with E-state index in [-0.39, 0.29) is 16.3 Å². The van der Waals surface area contributed by atoms with Gasteiger partial charge in [0.2, 0.25) is 5.58 Å². The number of aromatic nitrogens is 2. The number of anilines is 1. The first-order valence-corrected chi connectivity index (χ1v) is 9.47. The van der Waals surface area contributed by atoms with Crippen LogP contribution in [0.4, 0.5) is 11.4 Å². The van der Waals surface area contributed by atoms with Gasteiger partial charge in [-0.2, -0.15) is 0 Å². The molecular weight excluding hydrogens is 444 g/mol. The van der Waals surface area contributed by atoms with Gasteiger partial charge in [-0.1, -0.05) is 23.7 Å². The molecule has 0 atom stereocenters. The van der Waals surface area contributed by atoms with Gasteiger partial charge in [-0.25, -0.2) is 4.98 Å². The predicted octanol–water partition coefficient (Wildman–Crippen LogP) is 2.89. The maximum Gasteiger partial charge on any atom is 0.326 e. The molecule has 162 valence electrons. The van der Waals surface area contributed by atoms with Crippen LogP contribution in [0.25, 0.3) is 22.1 Å². The smallest absolute Gasteiger partial charge is 0.326 e. The van der Waals surface area contributed by atoms with E-state index in [0.717, 1.165) is 10.6 Å². The lowest BCUT2D eigenvalue weighted by molar-refractivity contribution is -0.383. The molecule has 0 bridgehead atoms. The molecule has 0 aliphatic carbocycles. The Bertz CT molecular complexity index is 1440. The third kappa shape index (κ3) is 4.14. The molecule has 2 heterocycles. The lowest BCUT2D eigenvalue weighted by Crippen LogP contribution is -2.28. The van der Waals surface area contributed by atoms with E-state index in [1.54, 1.807) is 24.3 Å². The Morgan fingerprint density at radius 1 is 1.25 bits per heavy atom. The van der Waals surface area contributed by atoms with Crippen molar-refractivity contribution in [3.8, 4) is 0 Å². The van der Waals surface area contributed by atoms with E-state index in [0.29, 0.717) is 16.5 Å². The second-order valence-corrected chi connectivity index (χ2v) is 7.02. The van der Waals surface area contributed by atoms with Crippen LogP contribution in [0.15, 0.2) is 58.0 Å². The molecule has 0 saturated heterocycles. The van der Waals surface area contributed by atoms with Crippen LogP contribution in [0.2, 0.25) is 5.02 Å². The van der Waals surface area contributed by atoms with E-state index in [1.165, 1.54) is 18.5 Å². The van der Waals surface area contributed by atoms with Crippen LogP contribution in [0.3, 0.4) is 0 Å². The number of fused-ring (bicyclic) bond motifs is 3. The van der Waals surface area contributed by atoms with Crippen molar-refractivity contribution in [2.75, 3.05) is 11.9 Å². The maximum absolute atomic E-state index is 12.6. The molecule has 1 N–H and O–H groups in total. The van der Waals surface area contributed by atoms with Crippen LogP contribution >= 0.6 is 11.6 Å². The highest BCUT2D eigenvalue weighted by Gasteiger charge is 2.18. The standard InChI is InChI=1S/C20H13ClN4O7/c21-11-5-6-13(14(7-11)25(29)30)23-16(26)9-31-17(27)8-24-10-22-18-12-3-1-2-4-15(12)32-19(18)20(24)28/h1-7,10H,8-9H2,(H,23,26). The van der Waals surface area contributed by atoms with Crippen LogP contribution < -0.4 is 10.9 Å². The van der Waals surface area contributed by atoms with Gasteiger partial charge < -0.3 is 14.5 Å². The van der Waals surface area contributed by atoms with Gasteiger partial charge in [-0.15, -0.1) is 0 Å². The molecular formula is C20H13ClN4O7. The van der Waals surface area contributed by atoms with Gasteiger partial charge in [0.25, 0.3) is 17.2 Å². The average molecular weight is 457 g/mol. The molecule has 11 nitrogen and oxygen atoms in total. The first-order valence-electron chi connectivity index (χ1n) is 9.09. The monoisotopic (exact) mass is 456 g/mol. The predicted molar refractivity (Wildman–Crippen MR) is 113 cm³/mol. The molecule has 32 heavy (non-hydrogen) atoms. The second-order valence-electron chi connectivity index (χ2n) is 6.58. The first-order chi connectivity index (χ1) is 15.3. The lowest BCUT2D eigenvalue weighted by atomic mass is 10.2. The number of benzene rings is 2. The zero-order chi connectivity index (χ0) is 22.8. The van der Waals surface area contributed by atoms with Crippen molar-refractivity contribution in [3.63, 3.8) is 0 Å². The second kappa shape index (κ2) is 8.47. The molecule has 0 fully saturated rings. The summed E-state index contributed by atoms with van der Waals surface area (Å²) in [5, 5.41) is 14.1. The van der Waals surface area contributed by atoms with Crippen molar-refractivity contribution < 1.29 is 23.7 Å². The zero-order valence-electron chi connectivity index (χ0n) is 16.1. The normalized spacial score (nSPS) is 10.9. The van der Waals surface area contributed by atoms with Crippen LogP contribution in [0.1, 0.15) is 0 Å². The quantitative estimate of drug-likeness (QED) is 0.264. The van der Waals surface area contributed by atoms with E-state index < -0.39 is 41.2 Å². The van der Waals surface area contributed by atoms with Gasteiger partial charge in [-0.05, 0) is 24.3 Å². The topological polar surface area (TPSA) is 147 Å². The number of hydrogen-bond acceptors (Lipinski definition) is 8. The number of nitro benzene ring substituents is 1. The molecule has 0 unspecified atom stereocenters. The van der Waals surface area contributed by atoms with Crippen molar-refractivity contribution in [2.24, 2.45) is 0 Å². The molecule has 0 aliphatic heterocycles. The Morgan fingerprint density at radius 3 is 2.81 bits per heavy atom. The third-order valence-corrected chi connectivity index (χ3v) is 4.68. The van der Waals surface area contributed by atoms with E-state index >= 15 is 0 Å². The van der Waals surface area contributed by atoms with Crippen LogP contribution in [0, 0.1) is 10.1 Å². The highest BCUT2D eigenvalue weighted by atomic mass is 35.5. The number of nitrogens with zero attached hydrogens (tertiary/aromatic N) is 3. The molecule has 0 aliphatic rings. The highest BCUT2D eigenvalue weighted by molar-refractivity contribution is 6.31. The molecule has 1 amide bonds. The minimum absolute atomic E-state index is 0.00529. The Morgan fingerprint density at radius 2 is 2.03 bits per heavy atom. The van der Waals surface area contributed by atoms with E-state index in [9.17, 15) is 24.5 Å². The lowest BCUT2D eigenvalue weighted by Gasteiger charge is -2.08. The number of hydrogen-bond donors (Lipinski definition) is 1. The molecule has 2 aromatic carbocycles. The maximum atomic E-state index is 12.6. The number of esters is 1. The molecule has 2 aromatic heterocycles. The minimum atomic E-state index is -0.884. The fourth-order valence-electron chi connectivity index (χ4n) is 3.01. The zero-order valence-corrected chi connectivity index (χ0v) is 16.9. The Balaban J connectivity index is 1.42. The summed E-state index contributed by atoms with van der Waals surface area (Å²) in [5.74, 6) is -1.69. The number of carbonyl (C=O) groups excluding carboxylic acids is 2. The van der Waals surface area contributed by atoms with Crippen molar-refractivity contribution in [2.45, 2.75) is 6.54 Å². The molecule has 12 heteroatoms. The number of para-hydroxylation sites is 1. The van der Waals surface area contributed by atoms with Gasteiger partial charge in [0.05, 0.1) is 11.3 Å². The highest BCUT2D eigenvalue weighted by Crippen LogP contribution is 2.27. The SMILES string of the molecule is O=C(COC(=O)Cn1cnc2c(oc3ccccc32)c1=O)Nc1ccc(Cl)cc1[N+](=O)[O-]. The molecule has 0 radical (unpaired) electrons. The summed E-state index contributed by atoms with van der Waals surface area (Å²) in [4.78, 5) is 51.3. The van der Waals surface area contributed by atoms with E-state index in [2.05, 4.69) is 10.3 Å². The van der Waals surface area contributed by atoms with E-state index in [1.807, 2.05) is 0 Å². The number of furan rings is 1. The number of amides is 1. The molecule has 4 rings (SSSR count). The van der Waals surface area contributed by atoms with Gasteiger partial charge in [-0.3, -0.25) is 29.1 Å². The number of rotatable bonds is 6. The van der Waals surface area contributed by atoms with Crippen LogP contribution in [0.5, 0.6) is 0 Å². The Labute approximate surface area is 183 Å². The molecule has 4 aromatic rings. The number of halogens is 1. The number of nitrogens with one attached hydrogen (secondary N) is 1. The summed E-state index contributed by atoms with van der Waals surface area (Å²) in [6.45, 7) is -1.22. The number of nitro groups is 1.